The van der Waals surface area contributed by atoms with Crippen LogP contribution >= 0.6 is 0 Å². The Morgan fingerprint density at radius 2 is 1.68 bits per heavy atom. The van der Waals surface area contributed by atoms with E-state index in [1.54, 1.807) is 18.5 Å². The lowest BCUT2D eigenvalue weighted by molar-refractivity contribution is -0.383. The number of anilines is 2. The molecule has 0 bridgehead atoms. The van der Waals surface area contributed by atoms with Crippen LogP contribution in [0, 0.1) is 10.1 Å². The lowest BCUT2D eigenvalue weighted by atomic mass is 10.1. The molecule has 7 rings (SSSR count). The Hall–Kier alpha value is -5.51. The van der Waals surface area contributed by atoms with Gasteiger partial charge in [-0.1, -0.05) is 76.2 Å². The highest BCUT2D eigenvalue weighted by atomic mass is 28.4. The molecule has 0 saturated carbocycles. The number of nitrogens with zero attached hydrogens (tertiary/aromatic N) is 7. The summed E-state index contributed by atoms with van der Waals surface area (Å²) in [5.41, 5.74) is 2.95. The summed E-state index contributed by atoms with van der Waals surface area (Å²) in [4.78, 5) is 25.9. The molecule has 1 fully saturated rings. The molecule has 0 aliphatic carbocycles. The van der Waals surface area contributed by atoms with Gasteiger partial charge in [0, 0.05) is 23.6 Å². The van der Waals surface area contributed by atoms with Crippen LogP contribution < -0.4 is 10.1 Å². The topological polar surface area (TPSA) is 165 Å². The van der Waals surface area contributed by atoms with Crippen molar-refractivity contribution in [1.29, 1.82) is 0 Å². The third-order valence-electron chi connectivity index (χ3n) is 9.89. The highest BCUT2D eigenvalue weighted by Gasteiger charge is 2.45. The number of nitrogens with one attached hydrogen (secondary N) is 1. The largest absolute Gasteiger partial charge is 0.471 e. The van der Waals surface area contributed by atoms with Gasteiger partial charge in [-0.2, -0.15) is 9.97 Å². The Kier molecular flexibility index (Phi) is 9.80. The van der Waals surface area contributed by atoms with Gasteiger partial charge >= 0.3 is 0 Å². The van der Waals surface area contributed by atoms with E-state index >= 15 is 0 Å². The number of fused-ring (bicyclic) bond motifs is 1. The Balaban J connectivity index is 1.25. The number of nitro benzene ring substituents is 1. The monoisotopic (exact) mass is 734 g/mol. The molecule has 0 spiro atoms. The van der Waals surface area contributed by atoms with Crippen LogP contribution in [-0.2, 0) is 15.8 Å². The zero-order chi connectivity index (χ0) is 37.3. The maximum Gasteiger partial charge on any atom is 0.292 e. The predicted octanol–water partition coefficient (Wildman–Crippen LogP) is 8.86. The fraction of sp³-hybridized carbons (Fsp3) is 0.342. The van der Waals surface area contributed by atoms with Crippen LogP contribution in [-0.4, -0.2) is 55.2 Å². The molecule has 0 amide bonds. The van der Waals surface area contributed by atoms with E-state index in [0.717, 1.165) is 17.5 Å². The van der Waals surface area contributed by atoms with Gasteiger partial charge < -0.3 is 23.6 Å². The van der Waals surface area contributed by atoms with Crippen molar-refractivity contribution in [2.75, 3.05) is 5.32 Å². The molecule has 3 atom stereocenters. The van der Waals surface area contributed by atoms with Crippen LogP contribution in [0.5, 0.6) is 5.88 Å². The smallest absolute Gasteiger partial charge is 0.292 e. The molecule has 1 aliphatic rings. The third kappa shape index (κ3) is 7.54. The van der Waals surface area contributed by atoms with Gasteiger partial charge in [0.15, 0.2) is 19.5 Å². The number of rotatable bonds is 12. The van der Waals surface area contributed by atoms with E-state index in [1.165, 1.54) is 6.07 Å². The van der Waals surface area contributed by atoms with Crippen molar-refractivity contribution in [2.45, 2.75) is 83.7 Å². The van der Waals surface area contributed by atoms with E-state index in [-0.39, 0.29) is 52.9 Å². The first-order valence-electron chi connectivity index (χ1n) is 17.6. The lowest BCUT2D eigenvalue weighted by Gasteiger charge is -2.39. The first-order valence-corrected chi connectivity index (χ1v) is 20.5. The number of aromatic nitrogens is 6. The van der Waals surface area contributed by atoms with E-state index < -0.39 is 19.5 Å². The fourth-order valence-electron chi connectivity index (χ4n) is 5.98. The molecule has 14 nitrogen and oxygen atoms in total. The van der Waals surface area contributed by atoms with Crippen molar-refractivity contribution in [2.24, 2.45) is 0 Å². The quantitative estimate of drug-likeness (QED) is 0.0722. The molecule has 1 saturated heterocycles. The Labute approximate surface area is 307 Å². The van der Waals surface area contributed by atoms with Gasteiger partial charge in [-0.3, -0.25) is 14.7 Å². The number of benzene rings is 3. The average molecular weight is 735 g/mol. The molecule has 53 heavy (non-hydrogen) atoms. The van der Waals surface area contributed by atoms with Crippen LogP contribution in [0.3, 0.4) is 0 Å². The number of ether oxygens (including phenoxy) is 2. The molecule has 1 unspecified atom stereocenters. The molecule has 1 aliphatic heterocycles. The second-order valence-electron chi connectivity index (χ2n) is 14.5. The molecule has 274 valence electrons. The molecule has 3 aromatic carbocycles. The predicted molar refractivity (Wildman–Crippen MR) is 202 cm³/mol. The molecule has 1 N–H and O–H groups in total. The summed E-state index contributed by atoms with van der Waals surface area (Å²) in [6.45, 7) is 13.5. The van der Waals surface area contributed by atoms with Gasteiger partial charge in [0.1, 0.15) is 18.5 Å². The lowest BCUT2D eigenvalue weighted by Crippen LogP contribution is -2.45. The van der Waals surface area contributed by atoms with Gasteiger partial charge in [-0.25, -0.2) is 4.98 Å². The standard InChI is InChI=1S/C38H42N8O6Si/c1-7-29-30(52-53(5,6)38(2,3)4)21-31(50-29)45-23-39-32-33(45)41-37(42-36(32)49-22-24-14-10-8-11-15-24)40-27-20-26(18-19-28(27)46(47)48)35-44-43-34(51-35)25-16-12-9-13-17-25/h8-20,23,29-31H,7,21-22H2,1-6H3,(H,40,41,42)/t29-,30?,31-/m1/s1. The van der Waals surface area contributed by atoms with E-state index in [0.29, 0.717) is 29.0 Å². The second kappa shape index (κ2) is 14.5. The first-order chi connectivity index (χ1) is 25.4. The van der Waals surface area contributed by atoms with Crippen molar-refractivity contribution in [3.8, 4) is 28.8 Å². The number of hydrogen-bond donors (Lipinski definition) is 1. The summed E-state index contributed by atoms with van der Waals surface area (Å²) < 4.78 is 27.5. The van der Waals surface area contributed by atoms with E-state index in [9.17, 15) is 10.1 Å². The summed E-state index contributed by atoms with van der Waals surface area (Å²) >= 11 is 0. The highest BCUT2D eigenvalue weighted by Crippen LogP contribution is 2.42. The average Bonchev–Trinajstić information content (AvgIpc) is 3.90. The van der Waals surface area contributed by atoms with Crippen LogP contribution in [0.2, 0.25) is 18.1 Å². The Bertz CT molecular complexity index is 2220. The highest BCUT2D eigenvalue weighted by molar-refractivity contribution is 6.74. The van der Waals surface area contributed by atoms with Crippen molar-refractivity contribution in [3.05, 3.63) is 101 Å². The zero-order valence-electron chi connectivity index (χ0n) is 30.5. The minimum absolute atomic E-state index is 0.0392. The normalized spacial score (nSPS) is 17.7. The summed E-state index contributed by atoms with van der Waals surface area (Å²) in [6.07, 6.45) is 2.42. The van der Waals surface area contributed by atoms with Crippen LogP contribution in [0.25, 0.3) is 34.1 Å². The zero-order valence-corrected chi connectivity index (χ0v) is 31.5. The molecule has 6 aromatic rings. The van der Waals surface area contributed by atoms with Crippen molar-refractivity contribution < 1.29 is 23.2 Å². The van der Waals surface area contributed by atoms with Crippen molar-refractivity contribution >= 4 is 36.8 Å². The van der Waals surface area contributed by atoms with Gasteiger partial charge in [0.2, 0.25) is 23.6 Å². The molecular formula is C38H42N8O6Si. The summed E-state index contributed by atoms with van der Waals surface area (Å²) in [5, 5.41) is 23.7. The van der Waals surface area contributed by atoms with Crippen LogP contribution in [0.1, 0.15) is 52.3 Å². The van der Waals surface area contributed by atoms with Gasteiger partial charge in [-0.05, 0) is 54.4 Å². The van der Waals surface area contributed by atoms with Crippen molar-refractivity contribution in [3.63, 3.8) is 0 Å². The number of nitro groups is 1. The van der Waals surface area contributed by atoms with E-state index in [4.69, 9.17) is 23.3 Å². The molecule has 4 heterocycles. The number of hydrogen-bond acceptors (Lipinski definition) is 12. The minimum Gasteiger partial charge on any atom is -0.471 e. The minimum atomic E-state index is -2.09. The summed E-state index contributed by atoms with van der Waals surface area (Å²) in [6, 6.07) is 23.5. The third-order valence-corrected chi connectivity index (χ3v) is 14.4. The summed E-state index contributed by atoms with van der Waals surface area (Å²) in [5.74, 6) is 0.799. The van der Waals surface area contributed by atoms with Gasteiger partial charge in [-0.15, -0.1) is 10.2 Å². The SMILES string of the molecule is CC[C@H]1O[C@@H](n2cnc3c(OCc4ccccc4)nc(Nc4cc(-c5nnc(-c6ccccc6)o5)ccc4[N+](=O)[O-])nc32)CC1O[Si](C)(C)C(C)(C)C. The molecule has 0 radical (unpaired) electrons. The molecular weight excluding hydrogens is 693 g/mol. The van der Waals surface area contributed by atoms with Crippen LogP contribution in [0.15, 0.2) is 89.6 Å². The van der Waals surface area contributed by atoms with E-state index in [2.05, 4.69) is 66.3 Å². The van der Waals surface area contributed by atoms with Gasteiger partial charge in [0.25, 0.3) is 5.69 Å². The van der Waals surface area contributed by atoms with Crippen LogP contribution in [0.4, 0.5) is 17.3 Å². The van der Waals surface area contributed by atoms with E-state index in [1.807, 2.05) is 65.2 Å². The summed E-state index contributed by atoms with van der Waals surface area (Å²) in [7, 11) is -2.09. The Morgan fingerprint density at radius 1 is 0.981 bits per heavy atom. The maximum absolute atomic E-state index is 12.2. The first kappa shape index (κ1) is 35.9. The fourth-order valence-corrected chi connectivity index (χ4v) is 7.34. The van der Waals surface area contributed by atoms with Crippen molar-refractivity contribution in [1.82, 2.24) is 29.7 Å². The molecule has 15 heteroatoms. The maximum atomic E-state index is 12.2. The molecule has 3 aromatic heterocycles. The van der Waals surface area contributed by atoms with Gasteiger partial charge in [0.05, 0.1) is 23.5 Å². The number of imidazole rings is 1. The Morgan fingerprint density at radius 3 is 2.36 bits per heavy atom. The second-order valence-corrected chi connectivity index (χ2v) is 19.3.